The molecule has 0 bridgehead atoms. The molecule has 0 aromatic rings. The van der Waals surface area contributed by atoms with Crippen LogP contribution in [0.25, 0.3) is 0 Å². The maximum atomic E-state index is 13.1. The minimum absolute atomic E-state index is 0.00103. The molecule has 0 aromatic carbocycles. The van der Waals surface area contributed by atoms with Crippen molar-refractivity contribution in [3.05, 3.63) is 10.6 Å². The van der Waals surface area contributed by atoms with E-state index in [-0.39, 0.29) is 65.2 Å². The van der Waals surface area contributed by atoms with Crippen LogP contribution in [-0.4, -0.2) is 112 Å². The van der Waals surface area contributed by atoms with Crippen molar-refractivity contribution < 1.29 is 24.3 Å². The summed E-state index contributed by atoms with van der Waals surface area (Å²) >= 11 is 1.43. The van der Waals surface area contributed by atoms with Gasteiger partial charge in [-0.3, -0.25) is 19.8 Å². The van der Waals surface area contributed by atoms with Crippen LogP contribution in [0.5, 0.6) is 0 Å². The molecule has 8 N–H and O–H groups in total. The molecule has 14 heteroatoms. The number of thioether (sulfide) groups is 1. The van der Waals surface area contributed by atoms with Gasteiger partial charge in [0.1, 0.15) is 5.70 Å². The van der Waals surface area contributed by atoms with Gasteiger partial charge in [-0.25, -0.2) is 4.79 Å². The zero-order valence-electron chi connectivity index (χ0n) is 21.3. The summed E-state index contributed by atoms with van der Waals surface area (Å²) in [4.78, 5) is 55.6. The minimum Gasteiger partial charge on any atom is -0.477 e. The zero-order chi connectivity index (χ0) is 27.2. The van der Waals surface area contributed by atoms with E-state index in [4.69, 9.17) is 16.9 Å². The van der Waals surface area contributed by atoms with Crippen molar-refractivity contribution in [2.75, 3.05) is 33.2 Å². The first-order valence-electron chi connectivity index (χ1n) is 12.5. The third kappa shape index (κ3) is 5.14. The highest BCUT2D eigenvalue weighted by Crippen LogP contribution is 2.51. The molecule has 0 spiro atoms. The molecule has 0 radical (unpaired) electrons. The molecule has 37 heavy (non-hydrogen) atoms. The Balaban J connectivity index is 1.41. The number of amides is 3. The molecule has 4 heterocycles. The van der Waals surface area contributed by atoms with Crippen LogP contribution < -0.4 is 22.1 Å². The summed E-state index contributed by atoms with van der Waals surface area (Å²) in [7, 11) is 1.52. The number of carboxylic acids is 1. The molecule has 0 aliphatic carbocycles. The summed E-state index contributed by atoms with van der Waals surface area (Å²) < 4.78 is 0. The fourth-order valence-electron chi connectivity index (χ4n) is 5.76. The van der Waals surface area contributed by atoms with Crippen LogP contribution in [-0.2, 0) is 19.2 Å². The molecule has 4 aliphatic heterocycles. The van der Waals surface area contributed by atoms with Gasteiger partial charge in [0.25, 0.3) is 0 Å². The van der Waals surface area contributed by atoms with Crippen LogP contribution in [0.15, 0.2) is 10.6 Å². The topological polar surface area (TPSA) is 198 Å². The van der Waals surface area contributed by atoms with Gasteiger partial charge in [-0.2, -0.15) is 0 Å². The van der Waals surface area contributed by atoms with E-state index in [1.807, 2.05) is 6.92 Å². The number of fused-ring (bicyclic) bond motifs is 1. The summed E-state index contributed by atoms with van der Waals surface area (Å²) in [6.45, 7) is 5.28. The van der Waals surface area contributed by atoms with Crippen molar-refractivity contribution in [3.8, 4) is 0 Å². The van der Waals surface area contributed by atoms with E-state index in [9.17, 15) is 24.3 Å². The highest BCUT2D eigenvalue weighted by Gasteiger charge is 2.60. The van der Waals surface area contributed by atoms with Crippen LogP contribution in [0.3, 0.4) is 0 Å². The lowest BCUT2D eigenvalue weighted by atomic mass is 9.78. The van der Waals surface area contributed by atoms with E-state index in [2.05, 4.69) is 10.6 Å². The normalized spacial score (nSPS) is 31.7. The summed E-state index contributed by atoms with van der Waals surface area (Å²) in [5, 5.41) is 23.4. The third-order valence-electron chi connectivity index (χ3n) is 7.73. The molecule has 4 rings (SSSR count). The largest absolute Gasteiger partial charge is 0.477 e. The van der Waals surface area contributed by atoms with Gasteiger partial charge in [0, 0.05) is 54.8 Å². The first kappa shape index (κ1) is 27.2. The van der Waals surface area contributed by atoms with Gasteiger partial charge in [-0.15, -0.1) is 11.8 Å². The number of guanidine groups is 1. The standard InChI is InChI=1S/C23H36N8O5S/c1-10-17-16(11(2)28-15(32)9-29(3)23(25)26)21(34)31(17)18(22(35)36)19(10)37-13-6-14(27-7-13)20(33)30-5-4-12(24)8-30/h10-14,16-17,27H,4-9,24H2,1-3H3,(H3,25,26)(H,28,32)(H,35,36)/t10-,11?,12-,13+,14+,16-,17-/m1/s1. The number of hydrogen-bond donors (Lipinski definition) is 6. The number of rotatable bonds is 8. The number of likely N-dealkylation sites (N-methyl/N-ethyl adjacent to an activating group) is 1. The molecule has 1 unspecified atom stereocenters. The second kappa shape index (κ2) is 10.5. The number of aliphatic carboxylic acids is 1. The molecule has 3 fully saturated rings. The molecule has 0 saturated carbocycles. The molecule has 204 valence electrons. The monoisotopic (exact) mass is 536 g/mol. The van der Waals surface area contributed by atoms with Crippen LogP contribution in [0.4, 0.5) is 0 Å². The number of carbonyl (C=O) groups is 4. The van der Waals surface area contributed by atoms with Gasteiger partial charge in [-0.05, 0) is 19.8 Å². The SMILES string of the molecule is CC(NC(=O)CN(C)C(=N)N)[C@H]1C(=O)N2C(C(=O)O)=C(S[C@@H]3CN[C@H](C(=O)N4CC[C@@H](N)C4)C3)[C@H](C)[C@H]12. The van der Waals surface area contributed by atoms with Gasteiger partial charge in [-0.1, -0.05) is 6.92 Å². The molecule has 13 nitrogen and oxygen atoms in total. The Morgan fingerprint density at radius 1 is 1.38 bits per heavy atom. The quantitative estimate of drug-likeness (QED) is 0.116. The summed E-state index contributed by atoms with van der Waals surface area (Å²) in [6, 6.07) is -1.22. The lowest BCUT2D eigenvalue weighted by Gasteiger charge is -2.47. The van der Waals surface area contributed by atoms with Gasteiger partial charge >= 0.3 is 5.97 Å². The van der Waals surface area contributed by atoms with E-state index in [1.54, 1.807) is 11.8 Å². The van der Waals surface area contributed by atoms with E-state index >= 15 is 0 Å². The molecule has 0 aromatic heterocycles. The summed E-state index contributed by atoms with van der Waals surface area (Å²) in [5.41, 5.74) is 11.3. The second-order valence-corrected chi connectivity index (χ2v) is 11.7. The Kier molecular flexibility index (Phi) is 7.72. The zero-order valence-corrected chi connectivity index (χ0v) is 22.1. The number of carboxylic acid groups (broad SMARTS) is 1. The molecule has 7 atom stereocenters. The predicted octanol–water partition coefficient (Wildman–Crippen LogP) is -1.89. The van der Waals surface area contributed by atoms with E-state index < -0.39 is 17.9 Å². The molecule has 3 amide bonds. The molecule has 4 aliphatic rings. The van der Waals surface area contributed by atoms with Gasteiger partial charge in [0.2, 0.25) is 17.7 Å². The fraction of sp³-hybridized carbons (Fsp3) is 0.696. The first-order valence-corrected chi connectivity index (χ1v) is 13.4. The number of β-lactam (4-membered cyclic amide) rings is 1. The van der Waals surface area contributed by atoms with Gasteiger partial charge < -0.3 is 41.9 Å². The third-order valence-corrected chi connectivity index (χ3v) is 9.24. The number of nitrogens with zero attached hydrogens (tertiary/aromatic N) is 3. The minimum atomic E-state index is -1.16. The highest BCUT2D eigenvalue weighted by molar-refractivity contribution is 8.03. The maximum absolute atomic E-state index is 13.1. The van der Waals surface area contributed by atoms with Crippen molar-refractivity contribution in [1.82, 2.24) is 25.3 Å². The fourth-order valence-corrected chi connectivity index (χ4v) is 7.23. The number of nitrogens with one attached hydrogen (secondary N) is 3. The average Bonchev–Trinajstić information content (AvgIpc) is 3.51. The van der Waals surface area contributed by atoms with E-state index in [0.717, 1.165) is 6.42 Å². The van der Waals surface area contributed by atoms with Crippen molar-refractivity contribution >= 4 is 41.4 Å². The number of hydrogen-bond acceptors (Lipinski definition) is 8. The van der Waals surface area contributed by atoms with Crippen molar-refractivity contribution in [1.29, 1.82) is 5.41 Å². The Morgan fingerprint density at radius 3 is 2.68 bits per heavy atom. The lowest BCUT2D eigenvalue weighted by molar-refractivity contribution is -0.158. The Morgan fingerprint density at radius 2 is 2.08 bits per heavy atom. The average molecular weight is 537 g/mol. The number of carbonyl (C=O) groups excluding carboxylic acids is 3. The number of nitrogens with two attached hydrogens (primary N) is 2. The van der Waals surface area contributed by atoms with E-state index in [0.29, 0.717) is 31.0 Å². The predicted molar refractivity (Wildman–Crippen MR) is 137 cm³/mol. The van der Waals surface area contributed by atoms with Crippen molar-refractivity contribution in [2.45, 2.75) is 56.1 Å². The smallest absolute Gasteiger partial charge is 0.353 e. The second-order valence-electron chi connectivity index (χ2n) is 10.4. The summed E-state index contributed by atoms with van der Waals surface area (Å²) in [5.74, 6) is -2.89. The van der Waals surface area contributed by atoms with Crippen LogP contribution in [0, 0.1) is 17.2 Å². The van der Waals surface area contributed by atoms with Crippen LogP contribution >= 0.6 is 11.8 Å². The van der Waals surface area contributed by atoms with Crippen LogP contribution in [0.2, 0.25) is 0 Å². The van der Waals surface area contributed by atoms with Gasteiger partial charge in [0.15, 0.2) is 5.96 Å². The van der Waals surface area contributed by atoms with Crippen molar-refractivity contribution in [2.24, 2.45) is 23.3 Å². The Bertz CT molecular complexity index is 1040. The van der Waals surface area contributed by atoms with E-state index in [1.165, 1.54) is 28.6 Å². The van der Waals surface area contributed by atoms with Crippen molar-refractivity contribution in [3.63, 3.8) is 0 Å². The lowest BCUT2D eigenvalue weighted by Crippen LogP contribution is -2.66. The molecular weight excluding hydrogens is 500 g/mol. The maximum Gasteiger partial charge on any atom is 0.353 e. The Hall–Kier alpha value is -2.84. The highest BCUT2D eigenvalue weighted by atomic mass is 32.2. The Labute approximate surface area is 219 Å². The first-order chi connectivity index (χ1) is 17.4. The van der Waals surface area contributed by atoms with Gasteiger partial charge in [0.05, 0.1) is 24.5 Å². The molecule has 3 saturated heterocycles. The summed E-state index contributed by atoms with van der Waals surface area (Å²) in [6.07, 6.45) is 1.36. The van der Waals surface area contributed by atoms with Crippen LogP contribution in [0.1, 0.15) is 26.7 Å². The molecular formula is C23H36N8O5S. The number of likely N-dealkylation sites (tertiary alicyclic amines) is 1.